The van der Waals surface area contributed by atoms with Crippen LogP contribution >= 0.6 is 11.3 Å². The Kier molecular flexibility index (Phi) is 5.17. The van der Waals surface area contributed by atoms with E-state index in [-0.39, 0.29) is 18.6 Å². The van der Waals surface area contributed by atoms with Crippen LogP contribution in [0.5, 0.6) is 0 Å². The number of ether oxygens (including phenoxy) is 1. The average Bonchev–Trinajstić information content (AvgIpc) is 2.85. The van der Waals surface area contributed by atoms with Crippen LogP contribution in [-0.2, 0) is 9.53 Å². The van der Waals surface area contributed by atoms with E-state index < -0.39 is 5.97 Å². The quantitative estimate of drug-likeness (QED) is 0.869. The molecule has 20 heavy (non-hydrogen) atoms. The van der Waals surface area contributed by atoms with Gasteiger partial charge >= 0.3 is 5.97 Å². The van der Waals surface area contributed by atoms with Crippen molar-refractivity contribution in [1.29, 1.82) is 0 Å². The second-order valence-electron chi connectivity index (χ2n) is 5.44. The molecule has 0 aliphatic heterocycles. The lowest BCUT2D eigenvalue weighted by Crippen LogP contribution is -2.42. The van der Waals surface area contributed by atoms with E-state index in [0.717, 1.165) is 24.8 Å². The zero-order valence-corrected chi connectivity index (χ0v) is 12.8. The van der Waals surface area contributed by atoms with Crippen LogP contribution < -0.4 is 5.32 Å². The van der Waals surface area contributed by atoms with E-state index in [2.05, 4.69) is 12.2 Å². The molecule has 5 heteroatoms. The minimum absolute atomic E-state index is 0.195. The lowest BCUT2D eigenvalue weighted by Gasteiger charge is -2.29. The third kappa shape index (κ3) is 3.82. The van der Waals surface area contributed by atoms with Gasteiger partial charge in [-0.3, -0.25) is 4.79 Å². The van der Waals surface area contributed by atoms with Crippen LogP contribution in [0, 0.1) is 12.8 Å². The van der Waals surface area contributed by atoms with Crippen molar-refractivity contribution in [3.8, 4) is 0 Å². The summed E-state index contributed by atoms with van der Waals surface area (Å²) in [7, 11) is 0. The van der Waals surface area contributed by atoms with E-state index in [0.29, 0.717) is 10.8 Å². The smallest absolute Gasteiger partial charge is 0.349 e. The number of hydrogen-bond donors (Lipinski definition) is 1. The largest absolute Gasteiger partial charge is 0.451 e. The Morgan fingerprint density at radius 1 is 1.40 bits per heavy atom. The Bertz CT molecular complexity index is 483. The van der Waals surface area contributed by atoms with Crippen LogP contribution in [0.3, 0.4) is 0 Å². The van der Waals surface area contributed by atoms with Crippen LogP contribution in [0.2, 0.25) is 0 Å². The van der Waals surface area contributed by atoms with Crippen molar-refractivity contribution in [1.82, 2.24) is 5.32 Å². The molecule has 2 rings (SSSR count). The molecule has 1 aromatic heterocycles. The molecule has 1 saturated carbocycles. The molecule has 0 saturated heterocycles. The maximum atomic E-state index is 11.8. The van der Waals surface area contributed by atoms with Gasteiger partial charge in [0.05, 0.1) is 0 Å². The standard InChI is InChI=1S/C15H21NO3S/c1-10-5-3-4-6-12(10)16-13(17)9-19-15(18)14-11(2)7-8-20-14/h7-8,10,12H,3-6,9H2,1-2H3,(H,16,17)/t10-,12+/m0/s1. The van der Waals surface area contributed by atoms with Gasteiger partial charge in [0, 0.05) is 6.04 Å². The van der Waals surface area contributed by atoms with Gasteiger partial charge in [0.2, 0.25) is 0 Å². The fraction of sp³-hybridized carbons (Fsp3) is 0.600. The van der Waals surface area contributed by atoms with Crippen LogP contribution in [0.4, 0.5) is 0 Å². The minimum atomic E-state index is -0.413. The molecule has 0 aromatic carbocycles. The molecule has 4 nitrogen and oxygen atoms in total. The number of carbonyl (C=O) groups excluding carboxylic acids is 2. The lowest BCUT2D eigenvalue weighted by molar-refractivity contribution is -0.125. The summed E-state index contributed by atoms with van der Waals surface area (Å²) in [6.07, 6.45) is 4.56. The number of rotatable bonds is 4. The highest BCUT2D eigenvalue weighted by molar-refractivity contribution is 7.12. The van der Waals surface area contributed by atoms with Gasteiger partial charge in [0.25, 0.3) is 5.91 Å². The van der Waals surface area contributed by atoms with Crippen molar-refractivity contribution < 1.29 is 14.3 Å². The van der Waals surface area contributed by atoms with Gasteiger partial charge in [-0.05, 0) is 42.7 Å². The third-order valence-electron chi connectivity index (χ3n) is 3.84. The minimum Gasteiger partial charge on any atom is -0.451 e. The highest BCUT2D eigenvalue weighted by Crippen LogP contribution is 2.23. The Morgan fingerprint density at radius 2 is 2.15 bits per heavy atom. The summed E-state index contributed by atoms with van der Waals surface area (Å²) >= 11 is 1.34. The second-order valence-corrected chi connectivity index (χ2v) is 6.36. The molecule has 2 atom stereocenters. The van der Waals surface area contributed by atoms with E-state index in [4.69, 9.17) is 4.74 Å². The van der Waals surface area contributed by atoms with Gasteiger partial charge in [0.1, 0.15) is 4.88 Å². The number of amides is 1. The summed E-state index contributed by atoms with van der Waals surface area (Å²) in [4.78, 5) is 24.2. The molecule has 1 fully saturated rings. The van der Waals surface area contributed by atoms with E-state index in [1.165, 1.54) is 17.8 Å². The van der Waals surface area contributed by atoms with Gasteiger partial charge in [-0.25, -0.2) is 4.79 Å². The Hall–Kier alpha value is -1.36. The SMILES string of the molecule is Cc1ccsc1C(=O)OCC(=O)N[C@@H]1CCCC[C@@H]1C. The summed E-state index contributed by atoms with van der Waals surface area (Å²) in [6.45, 7) is 3.82. The molecule has 1 amide bonds. The predicted molar refractivity (Wildman–Crippen MR) is 78.9 cm³/mol. The molecule has 1 aromatic rings. The summed E-state index contributed by atoms with van der Waals surface area (Å²) in [5.74, 6) is -0.112. The molecule has 0 unspecified atom stereocenters. The Morgan fingerprint density at radius 3 is 2.80 bits per heavy atom. The normalized spacial score (nSPS) is 22.3. The van der Waals surface area contributed by atoms with Gasteiger partial charge < -0.3 is 10.1 Å². The summed E-state index contributed by atoms with van der Waals surface area (Å²) in [6, 6.07) is 2.09. The molecule has 0 radical (unpaired) electrons. The third-order valence-corrected chi connectivity index (χ3v) is 4.84. The van der Waals surface area contributed by atoms with Crippen LogP contribution in [-0.4, -0.2) is 24.5 Å². The first kappa shape index (κ1) is 15.0. The first-order chi connectivity index (χ1) is 9.58. The maximum absolute atomic E-state index is 11.8. The number of aryl methyl sites for hydroxylation is 1. The first-order valence-corrected chi connectivity index (χ1v) is 7.96. The van der Waals surface area contributed by atoms with Gasteiger partial charge in [-0.15, -0.1) is 11.3 Å². The topological polar surface area (TPSA) is 55.4 Å². The zero-order valence-electron chi connectivity index (χ0n) is 12.0. The number of carbonyl (C=O) groups is 2. The summed E-state index contributed by atoms with van der Waals surface area (Å²) in [5.41, 5.74) is 0.890. The molecule has 0 bridgehead atoms. The average molecular weight is 295 g/mol. The van der Waals surface area contributed by atoms with E-state index in [1.54, 1.807) is 0 Å². The highest BCUT2D eigenvalue weighted by atomic mass is 32.1. The Balaban J connectivity index is 1.77. The van der Waals surface area contributed by atoms with Crippen LogP contribution in [0.1, 0.15) is 47.8 Å². The molecule has 0 spiro atoms. The van der Waals surface area contributed by atoms with Crippen molar-refractivity contribution in [2.75, 3.05) is 6.61 Å². The molecule has 1 aliphatic rings. The molecule has 1 N–H and O–H groups in total. The van der Waals surface area contributed by atoms with Gasteiger partial charge in [-0.2, -0.15) is 0 Å². The van der Waals surface area contributed by atoms with Crippen molar-refractivity contribution in [2.24, 2.45) is 5.92 Å². The van der Waals surface area contributed by atoms with Crippen molar-refractivity contribution >= 4 is 23.2 Å². The monoisotopic (exact) mass is 295 g/mol. The fourth-order valence-corrected chi connectivity index (χ4v) is 3.37. The second kappa shape index (κ2) is 6.88. The van der Waals surface area contributed by atoms with Crippen molar-refractivity contribution in [3.05, 3.63) is 21.9 Å². The predicted octanol–water partition coefficient (Wildman–Crippen LogP) is 2.91. The van der Waals surface area contributed by atoms with Crippen LogP contribution in [0.25, 0.3) is 0 Å². The van der Waals surface area contributed by atoms with Crippen LogP contribution in [0.15, 0.2) is 11.4 Å². The first-order valence-electron chi connectivity index (χ1n) is 7.08. The summed E-state index contributed by atoms with van der Waals surface area (Å²) < 4.78 is 5.07. The number of esters is 1. The number of hydrogen-bond acceptors (Lipinski definition) is 4. The fourth-order valence-electron chi connectivity index (χ4n) is 2.56. The molecule has 1 aliphatic carbocycles. The summed E-state index contributed by atoms with van der Waals surface area (Å²) in [5, 5.41) is 4.81. The molecule has 110 valence electrons. The molecule has 1 heterocycles. The highest BCUT2D eigenvalue weighted by Gasteiger charge is 2.23. The Labute approximate surface area is 123 Å². The number of nitrogens with one attached hydrogen (secondary N) is 1. The lowest BCUT2D eigenvalue weighted by atomic mass is 9.86. The van der Waals surface area contributed by atoms with Gasteiger partial charge in [0.15, 0.2) is 6.61 Å². The van der Waals surface area contributed by atoms with Crippen molar-refractivity contribution in [2.45, 2.75) is 45.6 Å². The van der Waals surface area contributed by atoms with E-state index >= 15 is 0 Å². The van der Waals surface area contributed by atoms with Gasteiger partial charge in [-0.1, -0.05) is 19.8 Å². The van der Waals surface area contributed by atoms with Crippen molar-refractivity contribution in [3.63, 3.8) is 0 Å². The van der Waals surface area contributed by atoms with E-state index in [9.17, 15) is 9.59 Å². The molecular formula is C15H21NO3S. The van der Waals surface area contributed by atoms with E-state index in [1.807, 2.05) is 18.4 Å². The maximum Gasteiger partial charge on any atom is 0.349 e. The molecular weight excluding hydrogens is 274 g/mol. The zero-order chi connectivity index (χ0) is 14.5. The number of thiophene rings is 1.